The number of hydrogen-bond acceptors (Lipinski definition) is 6. The third kappa shape index (κ3) is 3.14. The summed E-state index contributed by atoms with van der Waals surface area (Å²) in [7, 11) is -3.82. The number of aromatic amines is 1. The van der Waals surface area contributed by atoms with E-state index in [2.05, 4.69) is 15.3 Å². The number of aromatic nitrogens is 2. The quantitative estimate of drug-likeness (QED) is 0.426. The predicted octanol–water partition coefficient (Wildman–Crippen LogP) is 2.54. The lowest BCUT2D eigenvalue weighted by atomic mass is 10.1. The van der Waals surface area contributed by atoms with E-state index in [-0.39, 0.29) is 17.1 Å². The molecule has 0 atom stereocenters. The van der Waals surface area contributed by atoms with E-state index in [0.717, 1.165) is 9.69 Å². The van der Waals surface area contributed by atoms with Gasteiger partial charge in [0, 0.05) is 22.5 Å². The van der Waals surface area contributed by atoms with Crippen molar-refractivity contribution in [3.63, 3.8) is 0 Å². The molecule has 11 heteroatoms. The summed E-state index contributed by atoms with van der Waals surface area (Å²) in [4.78, 5) is 31.2. The van der Waals surface area contributed by atoms with Crippen LogP contribution in [0.3, 0.4) is 0 Å². The van der Waals surface area contributed by atoms with Crippen molar-refractivity contribution in [2.45, 2.75) is 4.90 Å². The number of carbonyl (C=O) groups is 2. The van der Waals surface area contributed by atoms with Gasteiger partial charge in [-0.1, -0.05) is 24.3 Å². The Bertz CT molecular complexity index is 1470. The number of sulfonamides is 1. The van der Waals surface area contributed by atoms with Gasteiger partial charge in [-0.05, 0) is 23.6 Å². The molecule has 3 heterocycles. The lowest BCUT2D eigenvalue weighted by Gasteiger charge is -2.17. The number of nitrogens with zero attached hydrogens (tertiary/aromatic N) is 2. The largest absolute Gasteiger partial charge is 0.364 e. The first-order valence-electron chi connectivity index (χ1n) is 9.13. The van der Waals surface area contributed by atoms with Crippen LogP contribution >= 0.6 is 11.3 Å². The standard InChI is InChI=1S/C20H15N5O4S2/c21-19(27)13-7-12(8-22-13)14-10-30-20(23-14)24-17(26)9-25-15-5-1-3-11-4-2-6-16(18(11)15)31(25,28)29/h1-8,10,22H,9H2,(H2,21,27)(H,23,24,26). The second-order valence-electron chi connectivity index (χ2n) is 6.90. The molecule has 0 aliphatic carbocycles. The van der Waals surface area contributed by atoms with E-state index in [1.807, 2.05) is 12.1 Å². The number of anilines is 2. The lowest BCUT2D eigenvalue weighted by molar-refractivity contribution is -0.114. The number of H-pyrrole nitrogens is 1. The van der Waals surface area contributed by atoms with Crippen LogP contribution in [-0.2, 0) is 14.8 Å². The molecule has 2 aromatic heterocycles. The second-order valence-corrected chi connectivity index (χ2v) is 9.58. The summed E-state index contributed by atoms with van der Waals surface area (Å²) in [5.74, 6) is -1.10. The first-order valence-corrected chi connectivity index (χ1v) is 11.4. The van der Waals surface area contributed by atoms with Crippen molar-refractivity contribution >= 4 is 54.8 Å². The van der Waals surface area contributed by atoms with Gasteiger partial charge >= 0.3 is 0 Å². The first-order chi connectivity index (χ1) is 14.8. The highest BCUT2D eigenvalue weighted by Gasteiger charge is 2.36. The van der Waals surface area contributed by atoms with E-state index in [0.29, 0.717) is 27.5 Å². The third-order valence-electron chi connectivity index (χ3n) is 4.96. The van der Waals surface area contributed by atoms with E-state index in [4.69, 9.17) is 5.73 Å². The van der Waals surface area contributed by atoms with Gasteiger partial charge in [0.25, 0.3) is 15.9 Å². The minimum atomic E-state index is -3.82. The predicted molar refractivity (Wildman–Crippen MR) is 118 cm³/mol. The number of rotatable bonds is 5. The number of hydrogen-bond donors (Lipinski definition) is 3. The smallest absolute Gasteiger partial charge is 0.265 e. The summed E-state index contributed by atoms with van der Waals surface area (Å²) >= 11 is 1.19. The number of primary amides is 1. The van der Waals surface area contributed by atoms with Crippen LogP contribution < -0.4 is 15.4 Å². The normalized spacial score (nSPS) is 14.1. The van der Waals surface area contributed by atoms with Crippen LogP contribution in [0.5, 0.6) is 0 Å². The topological polar surface area (TPSA) is 138 Å². The maximum Gasteiger partial charge on any atom is 0.265 e. The molecular weight excluding hydrogens is 438 g/mol. The molecule has 0 radical (unpaired) electrons. The minimum absolute atomic E-state index is 0.197. The Labute approximate surface area is 180 Å². The maximum atomic E-state index is 13.0. The van der Waals surface area contributed by atoms with Crippen molar-refractivity contribution in [1.82, 2.24) is 9.97 Å². The Kier molecular flexibility index (Phi) is 4.31. The van der Waals surface area contributed by atoms with E-state index < -0.39 is 21.8 Å². The summed E-state index contributed by atoms with van der Waals surface area (Å²) < 4.78 is 27.1. The Morgan fingerprint density at radius 3 is 2.71 bits per heavy atom. The Morgan fingerprint density at radius 2 is 1.97 bits per heavy atom. The summed E-state index contributed by atoms with van der Waals surface area (Å²) in [6.45, 7) is -0.374. The molecule has 0 unspecified atom stereocenters. The number of carbonyl (C=O) groups excluding carboxylic acids is 2. The molecule has 156 valence electrons. The zero-order chi connectivity index (χ0) is 21.8. The van der Waals surface area contributed by atoms with Gasteiger partial charge < -0.3 is 16.0 Å². The summed E-state index contributed by atoms with van der Waals surface area (Å²) in [6, 6.07) is 11.9. The Hall–Kier alpha value is -3.70. The average Bonchev–Trinajstić information content (AvgIpc) is 3.44. The SMILES string of the molecule is NC(=O)c1cc(-c2csc(NC(=O)CN3c4cccc5cccc(c45)S3(=O)=O)n2)c[nH]1. The van der Waals surface area contributed by atoms with E-state index in [1.54, 1.807) is 41.9 Å². The molecular formula is C20H15N5O4S2. The van der Waals surface area contributed by atoms with Gasteiger partial charge in [0.15, 0.2) is 5.13 Å². The monoisotopic (exact) mass is 453 g/mol. The van der Waals surface area contributed by atoms with Crippen LogP contribution in [-0.4, -0.2) is 36.7 Å². The molecule has 0 fully saturated rings. The van der Waals surface area contributed by atoms with Crippen molar-refractivity contribution in [3.05, 3.63) is 59.7 Å². The fraction of sp³-hybridized carbons (Fsp3) is 0.0500. The molecule has 9 nitrogen and oxygen atoms in total. The van der Waals surface area contributed by atoms with Crippen molar-refractivity contribution in [2.24, 2.45) is 5.73 Å². The molecule has 0 bridgehead atoms. The van der Waals surface area contributed by atoms with E-state index in [9.17, 15) is 18.0 Å². The molecule has 0 saturated carbocycles. The highest BCUT2D eigenvalue weighted by atomic mass is 32.2. The van der Waals surface area contributed by atoms with Crippen molar-refractivity contribution in [1.29, 1.82) is 0 Å². The van der Waals surface area contributed by atoms with Gasteiger partial charge in [-0.25, -0.2) is 13.4 Å². The number of nitrogens with two attached hydrogens (primary N) is 1. The fourth-order valence-corrected chi connectivity index (χ4v) is 5.97. The zero-order valence-corrected chi connectivity index (χ0v) is 17.5. The van der Waals surface area contributed by atoms with Gasteiger partial charge in [0.05, 0.1) is 16.3 Å². The molecule has 2 amide bonds. The Morgan fingerprint density at radius 1 is 1.19 bits per heavy atom. The first kappa shape index (κ1) is 19.3. The number of amides is 2. The van der Waals surface area contributed by atoms with Crippen LogP contribution in [0.2, 0.25) is 0 Å². The van der Waals surface area contributed by atoms with E-state index >= 15 is 0 Å². The highest BCUT2D eigenvalue weighted by Crippen LogP contribution is 2.41. The fourth-order valence-electron chi connectivity index (χ4n) is 3.57. The van der Waals surface area contributed by atoms with Crippen molar-refractivity contribution in [2.75, 3.05) is 16.2 Å². The molecule has 1 aliphatic heterocycles. The lowest BCUT2D eigenvalue weighted by Crippen LogP contribution is -2.35. The van der Waals surface area contributed by atoms with E-state index in [1.165, 1.54) is 11.3 Å². The van der Waals surface area contributed by atoms with Crippen LogP contribution in [0.15, 0.2) is 58.9 Å². The van der Waals surface area contributed by atoms with Crippen LogP contribution in [0, 0.1) is 0 Å². The maximum absolute atomic E-state index is 13.0. The molecule has 5 rings (SSSR count). The van der Waals surface area contributed by atoms with Gasteiger partial charge in [-0.3, -0.25) is 13.9 Å². The van der Waals surface area contributed by atoms with Gasteiger partial charge in [0.2, 0.25) is 5.91 Å². The zero-order valence-electron chi connectivity index (χ0n) is 15.8. The van der Waals surface area contributed by atoms with Crippen LogP contribution in [0.4, 0.5) is 10.8 Å². The van der Waals surface area contributed by atoms with Crippen LogP contribution in [0.1, 0.15) is 10.5 Å². The minimum Gasteiger partial charge on any atom is -0.364 e. The highest BCUT2D eigenvalue weighted by molar-refractivity contribution is 7.93. The molecule has 31 heavy (non-hydrogen) atoms. The number of benzene rings is 2. The summed E-state index contributed by atoms with van der Waals surface area (Å²) in [5, 5.41) is 6.09. The van der Waals surface area contributed by atoms with Gasteiger partial charge in [0.1, 0.15) is 12.2 Å². The average molecular weight is 454 g/mol. The molecule has 4 N–H and O–H groups in total. The molecule has 4 aromatic rings. The number of thiazole rings is 1. The molecule has 0 saturated heterocycles. The number of nitrogens with one attached hydrogen (secondary N) is 2. The summed E-state index contributed by atoms with van der Waals surface area (Å²) in [6.07, 6.45) is 1.59. The van der Waals surface area contributed by atoms with Gasteiger partial charge in [-0.2, -0.15) is 0 Å². The molecule has 2 aromatic carbocycles. The van der Waals surface area contributed by atoms with Gasteiger partial charge in [-0.15, -0.1) is 11.3 Å². The van der Waals surface area contributed by atoms with Crippen molar-refractivity contribution in [3.8, 4) is 11.3 Å². The third-order valence-corrected chi connectivity index (χ3v) is 7.52. The summed E-state index contributed by atoms with van der Waals surface area (Å²) in [5.41, 5.74) is 7.17. The Balaban J connectivity index is 1.37. The van der Waals surface area contributed by atoms with Crippen LogP contribution in [0.25, 0.3) is 22.0 Å². The molecule has 0 spiro atoms. The molecule has 1 aliphatic rings. The van der Waals surface area contributed by atoms with Crippen molar-refractivity contribution < 1.29 is 18.0 Å². The second kappa shape index (κ2) is 6.93.